The summed E-state index contributed by atoms with van der Waals surface area (Å²) in [7, 11) is 0. The zero-order valence-electron chi connectivity index (χ0n) is 22.4. The molecular formula is C31H36Cl2N2O3. The highest BCUT2D eigenvalue weighted by Gasteiger charge is 2.31. The Morgan fingerprint density at radius 3 is 2.18 bits per heavy atom. The maximum absolute atomic E-state index is 13.7. The molecule has 0 unspecified atom stereocenters. The van der Waals surface area contributed by atoms with Gasteiger partial charge in [-0.05, 0) is 60.2 Å². The van der Waals surface area contributed by atoms with Crippen molar-refractivity contribution in [3.63, 3.8) is 0 Å². The van der Waals surface area contributed by atoms with Crippen molar-refractivity contribution in [3.05, 3.63) is 99.5 Å². The van der Waals surface area contributed by atoms with Crippen LogP contribution in [0.4, 0.5) is 0 Å². The lowest BCUT2D eigenvalue weighted by Gasteiger charge is -2.32. The first-order valence-electron chi connectivity index (χ1n) is 13.0. The molecule has 5 nitrogen and oxygen atoms in total. The molecule has 2 amide bonds. The van der Waals surface area contributed by atoms with Gasteiger partial charge in [-0.2, -0.15) is 0 Å². The predicted molar refractivity (Wildman–Crippen MR) is 155 cm³/mol. The number of rotatable bonds is 12. The average Bonchev–Trinajstić information content (AvgIpc) is 2.91. The van der Waals surface area contributed by atoms with Crippen LogP contribution in [0.1, 0.15) is 56.7 Å². The van der Waals surface area contributed by atoms with Gasteiger partial charge in [0, 0.05) is 19.0 Å². The van der Waals surface area contributed by atoms with Gasteiger partial charge in [0.2, 0.25) is 5.91 Å². The Kier molecular flexibility index (Phi) is 11.1. The summed E-state index contributed by atoms with van der Waals surface area (Å²) < 4.78 is 5.88. The summed E-state index contributed by atoms with van der Waals surface area (Å²) in [5.41, 5.74) is 2.91. The summed E-state index contributed by atoms with van der Waals surface area (Å²) >= 11 is 12.4. The summed E-state index contributed by atoms with van der Waals surface area (Å²) in [5.74, 6) is 0.484. The summed E-state index contributed by atoms with van der Waals surface area (Å²) in [6.45, 7) is 8.18. The third kappa shape index (κ3) is 8.50. The third-order valence-corrected chi connectivity index (χ3v) is 7.26. The number of carbonyl (C=O) groups excluding carboxylic acids is 2. The molecule has 0 aromatic heterocycles. The average molecular weight is 556 g/mol. The Hall–Kier alpha value is -3.02. The minimum atomic E-state index is -0.750. The van der Waals surface area contributed by atoms with Crippen LogP contribution in [0.3, 0.4) is 0 Å². The van der Waals surface area contributed by atoms with Gasteiger partial charge in [-0.3, -0.25) is 9.59 Å². The lowest BCUT2D eigenvalue weighted by atomic mass is 10.0. The zero-order valence-corrected chi connectivity index (χ0v) is 23.9. The molecule has 0 aliphatic carbocycles. The first kappa shape index (κ1) is 29.5. The Morgan fingerprint density at radius 2 is 1.58 bits per heavy atom. The Bertz CT molecular complexity index is 1200. The molecule has 1 N–H and O–H groups in total. The maximum Gasteiger partial charge on any atom is 0.261 e. The number of hydrogen-bond donors (Lipinski definition) is 1. The highest BCUT2D eigenvalue weighted by molar-refractivity contribution is 6.42. The van der Waals surface area contributed by atoms with Crippen molar-refractivity contribution in [2.45, 2.75) is 65.1 Å². The van der Waals surface area contributed by atoms with Crippen LogP contribution in [0.5, 0.6) is 5.75 Å². The van der Waals surface area contributed by atoms with Gasteiger partial charge in [0.15, 0.2) is 6.61 Å². The van der Waals surface area contributed by atoms with Crippen molar-refractivity contribution in [3.8, 4) is 5.75 Å². The molecule has 7 heteroatoms. The molecule has 0 bridgehead atoms. The van der Waals surface area contributed by atoms with Gasteiger partial charge in [0.25, 0.3) is 5.91 Å². The normalized spacial score (nSPS) is 12.6. The van der Waals surface area contributed by atoms with Crippen LogP contribution in [0.2, 0.25) is 10.0 Å². The van der Waals surface area contributed by atoms with Crippen LogP contribution in [0.15, 0.2) is 72.8 Å². The molecule has 0 aliphatic heterocycles. The van der Waals surface area contributed by atoms with Gasteiger partial charge in [-0.25, -0.2) is 0 Å². The number of nitrogens with one attached hydrogen (secondary N) is 1. The SMILES string of the molecule is CC[C@@H](C)NC(=O)[C@@H](Cc1ccccc1)N(Cc1ccc(Cl)c(Cl)c1)C(=O)COc1ccc(C(C)C)cc1. The van der Waals surface area contributed by atoms with Crippen LogP contribution >= 0.6 is 23.2 Å². The van der Waals surface area contributed by atoms with Gasteiger partial charge in [0.1, 0.15) is 11.8 Å². The van der Waals surface area contributed by atoms with E-state index >= 15 is 0 Å². The molecule has 3 rings (SSSR count). The number of halogens is 2. The fourth-order valence-corrected chi connectivity index (χ4v) is 4.33. The number of amides is 2. The van der Waals surface area contributed by atoms with E-state index < -0.39 is 6.04 Å². The van der Waals surface area contributed by atoms with E-state index in [0.717, 1.165) is 17.5 Å². The van der Waals surface area contributed by atoms with Crippen LogP contribution < -0.4 is 10.1 Å². The van der Waals surface area contributed by atoms with Gasteiger partial charge >= 0.3 is 0 Å². The second kappa shape index (κ2) is 14.2. The quantitative estimate of drug-likeness (QED) is 0.261. The van der Waals surface area contributed by atoms with E-state index in [1.165, 1.54) is 5.56 Å². The van der Waals surface area contributed by atoms with Crippen molar-refractivity contribution in [1.29, 1.82) is 0 Å². The smallest absolute Gasteiger partial charge is 0.261 e. The van der Waals surface area contributed by atoms with E-state index in [4.69, 9.17) is 27.9 Å². The summed E-state index contributed by atoms with van der Waals surface area (Å²) in [5, 5.41) is 3.88. The molecular weight excluding hydrogens is 519 g/mol. The number of nitrogens with zero attached hydrogens (tertiary/aromatic N) is 1. The van der Waals surface area contributed by atoms with E-state index in [2.05, 4.69) is 19.2 Å². The molecule has 0 radical (unpaired) electrons. The second-order valence-electron chi connectivity index (χ2n) is 9.81. The standard InChI is InChI=1S/C31H36Cl2N2O3/c1-5-22(4)34-31(37)29(18-23-9-7-6-8-10-23)35(19-24-11-16-27(32)28(33)17-24)30(36)20-38-26-14-12-25(13-15-26)21(2)3/h6-17,21-22,29H,5,18-20H2,1-4H3,(H,34,37)/t22-,29-/m1/s1. The Balaban J connectivity index is 1.91. The number of ether oxygens (including phenoxy) is 1. The van der Waals surface area contributed by atoms with Crippen LogP contribution in [-0.2, 0) is 22.6 Å². The largest absolute Gasteiger partial charge is 0.484 e. The minimum absolute atomic E-state index is 0.0292. The molecule has 38 heavy (non-hydrogen) atoms. The van der Waals surface area contributed by atoms with Crippen LogP contribution in [0.25, 0.3) is 0 Å². The van der Waals surface area contributed by atoms with Gasteiger partial charge in [0.05, 0.1) is 10.0 Å². The van der Waals surface area contributed by atoms with Gasteiger partial charge in [-0.15, -0.1) is 0 Å². The highest BCUT2D eigenvalue weighted by Crippen LogP contribution is 2.25. The third-order valence-electron chi connectivity index (χ3n) is 6.52. The fourth-order valence-electron chi connectivity index (χ4n) is 4.01. The van der Waals surface area contributed by atoms with E-state index in [0.29, 0.717) is 28.1 Å². The maximum atomic E-state index is 13.7. The molecule has 202 valence electrons. The molecule has 0 aliphatic rings. The second-order valence-corrected chi connectivity index (χ2v) is 10.6. The zero-order chi connectivity index (χ0) is 27.7. The van der Waals surface area contributed by atoms with E-state index in [1.54, 1.807) is 17.0 Å². The lowest BCUT2D eigenvalue weighted by Crippen LogP contribution is -2.53. The molecule has 0 fully saturated rings. The molecule has 0 saturated carbocycles. The highest BCUT2D eigenvalue weighted by atomic mass is 35.5. The number of hydrogen-bond acceptors (Lipinski definition) is 3. The first-order chi connectivity index (χ1) is 18.2. The van der Waals surface area contributed by atoms with Crippen molar-refractivity contribution >= 4 is 35.0 Å². The first-order valence-corrected chi connectivity index (χ1v) is 13.7. The Labute approximate surface area is 236 Å². The van der Waals surface area contributed by atoms with E-state index in [1.807, 2.05) is 74.5 Å². The summed E-state index contributed by atoms with van der Waals surface area (Å²) in [4.78, 5) is 28.8. The molecule has 0 heterocycles. The number of benzene rings is 3. The van der Waals surface area contributed by atoms with Crippen molar-refractivity contribution in [1.82, 2.24) is 10.2 Å². The topological polar surface area (TPSA) is 58.6 Å². The monoisotopic (exact) mass is 554 g/mol. The minimum Gasteiger partial charge on any atom is -0.484 e. The van der Waals surface area contributed by atoms with E-state index in [9.17, 15) is 9.59 Å². The van der Waals surface area contributed by atoms with Crippen LogP contribution in [0, 0.1) is 0 Å². The number of carbonyl (C=O) groups is 2. The van der Waals surface area contributed by atoms with Crippen molar-refractivity contribution < 1.29 is 14.3 Å². The lowest BCUT2D eigenvalue weighted by molar-refractivity contribution is -0.143. The van der Waals surface area contributed by atoms with Crippen molar-refractivity contribution in [2.75, 3.05) is 6.61 Å². The fraction of sp³-hybridized carbons (Fsp3) is 0.355. The van der Waals surface area contributed by atoms with Gasteiger partial charge in [-0.1, -0.05) is 92.5 Å². The van der Waals surface area contributed by atoms with Crippen LogP contribution in [-0.4, -0.2) is 35.4 Å². The Morgan fingerprint density at radius 1 is 0.895 bits per heavy atom. The molecule has 3 aromatic carbocycles. The van der Waals surface area contributed by atoms with Gasteiger partial charge < -0.3 is 15.0 Å². The molecule has 0 saturated heterocycles. The molecule has 0 spiro atoms. The summed E-state index contributed by atoms with van der Waals surface area (Å²) in [6.07, 6.45) is 1.14. The van der Waals surface area contributed by atoms with Crippen molar-refractivity contribution in [2.24, 2.45) is 0 Å². The summed E-state index contributed by atoms with van der Waals surface area (Å²) in [6, 6.07) is 21.9. The molecule has 3 aromatic rings. The predicted octanol–water partition coefficient (Wildman–Crippen LogP) is 7.05. The van der Waals surface area contributed by atoms with E-state index in [-0.39, 0.29) is 31.0 Å². The molecule has 2 atom stereocenters.